The summed E-state index contributed by atoms with van der Waals surface area (Å²) in [4.78, 5) is 0. The van der Waals surface area contributed by atoms with Crippen LogP contribution in [0.4, 0.5) is 0 Å². The average Bonchev–Trinajstić information content (AvgIpc) is 2.64. The molecule has 7 nitrogen and oxygen atoms in total. The molecule has 160 valence electrons. The summed E-state index contributed by atoms with van der Waals surface area (Å²) in [5, 5.41) is 33.0. The van der Waals surface area contributed by atoms with E-state index in [1.54, 1.807) is 37.5 Å². The van der Waals surface area contributed by atoms with Crippen LogP contribution in [0.2, 0.25) is 0 Å². The van der Waals surface area contributed by atoms with Gasteiger partial charge in [0, 0.05) is 60.6 Å². The summed E-state index contributed by atoms with van der Waals surface area (Å²) in [7, 11) is 1.77. The molecule has 1 aliphatic heterocycles. The number of nitrogens with one attached hydrogen (secondary N) is 3. The lowest BCUT2D eigenvalue weighted by molar-refractivity contribution is 0.0524. The third-order valence-corrected chi connectivity index (χ3v) is 5.14. The number of phenolic OH excluding ortho intramolecular Hbond substituents is 1. The van der Waals surface area contributed by atoms with Gasteiger partial charge in [0.2, 0.25) is 5.88 Å². The van der Waals surface area contributed by atoms with Gasteiger partial charge in [-0.3, -0.25) is 0 Å². The van der Waals surface area contributed by atoms with Gasteiger partial charge in [-0.25, -0.2) is 0 Å². The molecule has 0 unspecified atom stereocenters. The first-order valence-electron chi connectivity index (χ1n) is 10.1. The Morgan fingerprint density at radius 1 is 1.17 bits per heavy atom. The molecule has 2 heterocycles. The van der Waals surface area contributed by atoms with Crippen molar-refractivity contribution in [2.45, 2.75) is 57.7 Å². The van der Waals surface area contributed by atoms with Crippen LogP contribution in [0, 0.1) is 5.41 Å². The van der Waals surface area contributed by atoms with Gasteiger partial charge in [-0.05, 0) is 51.5 Å². The highest BCUT2D eigenvalue weighted by molar-refractivity contribution is 6.08. The molecule has 0 atom stereocenters. The van der Waals surface area contributed by atoms with Crippen LogP contribution >= 0.6 is 0 Å². The van der Waals surface area contributed by atoms with Crippen molar-refractivity contribution in [2.24, 2.45) is 0 Å². The fraction of sp³-hybridized carbons (Fsp3) is 0.435. The first-order valence-corrected chi connectivity index (χ1v) is 10.1. The van der Waals surface area contributed by atoms with E-state index in [4.69, 9.17) is 10.1 Å². The summed E-state index contributed by atoms with van der Waals surface area (Å²) in [5.41, 5.74) is 2.53. The van der Waals surface area contributed by atoms with Crippen molar-refractivity contribution in [2.75, 3.05) is 7.05 Å². The number of aromatic nitrogens is 2. The summed E-state index contributed by atoms with van der Waals surface area (Å²) >= 11 is 0. The van der Waals surface area contributed by atoms with E-state index in [-0.39, 0.29) is 22.9 Å². The molecular formula is C23H31N5O2. The molecule has 30 heavy (non-hydrogen) atoms. The number of ether oxygens (including phenoxy) is 1. The second-order valence-electron chi connectivity index (χ2n) is 9.06. The van der Waals surface area contributed by atoms with Crippen molar-refractivity contribution in [3.8, 4) is 22.9 Å². The Morgan fingerprint density at radius 3 is 2.40 bits per heavy atom. The number of hydrogen-bond acceptors (Lipinski definition) is 7. The second kappa shape index (κ2) is 8.44. The van der Waals surface area contributed by atoms with Gasteiger partial charge in [-0.2, -0.15) is 0 Å². The largest absolute Gasteiger partial charge is 0.507 e. The Hall–Kier alpha value is -2.93. The minimum absolute atomic E-state index is 0.00953. The summed E-state index contributed by atoms with van der Waals surface area (Å²) in [6.07, 6.45) is 4.77. The van der Waals surface area contributed by atoms with E-state index in [2.05, 4.69) is 48.5 Å². The van der Waals surface area contributed by atoms with Crippen molar-refractivity contribution in [1.82, 2.24) is 20.8 Å². The van der Waals surface area contributed by atoms with Crippen LogP contribution in [0.25, 0.3) is 16.8 Å². The average molecular weight is 410 g/mol. The maximum atomic E-state index is 10.5. The zero-order valence-electron chi connectivity index (χ0n) is 18.3. The van der Waals surface area contributed by atoms with E-state index in [0.717, 1.165) is 18.4 Å². The van der Waals surface area contributed by atoms with Crippen molar-refractivity contribution in [3.05, 3.63) is 42.1 Å². The molecule has 1 aromatic carbocycles. The van der Waals surface area contributed by atoms with Gasteiger partial charge in [0.15, 0.2) is 0 Å². The quantitative estimate of drug-likeness (QED) is 0.542. The standard InChI is InChI=1S/C23H31N5O2/c1-22(2)11-17(12-23(3,4)28-22)30-21-9-8-19(26-27-21)18-7-6-15(10-20(18)29)16(13-24)14-25-5/h6-10,13-14,17,24-25,28-29H,11-12H2,1-5H3/b16-14+,24-13?. The first-order chi connectivity index (χ1) is 14.1. The van der Waals surface area contributed by atoms with Gasteiger partial charge < -0.3 is 25.9 Å². The summed E-state index contributed by atoms with van der Waals surface area (Å²) < 4.78 is 6.12. The SMILES string of the molecule is CN/C=C(\C=N)c1ccc(-c2ccc(OC3CC(C)(C)NC(C)(C)C3)nn2)c(O)c1. The molecule has 0 spiro atoms. The summed E-state index contributed by atoms with van der Waals surface area (Å²) in [6, 6.07) is 8.83. The third kappa shape index (κ3) is 5.16. The van der Waals surface area contributed by atoms with E-state index >= 15 is 0 Å². The van der Waals surface area contributed by atoms with Crippen LogP contribution in [0.15, 0.2) is 36.5 Å². The predicted octanol–water partition coefficient (Wildman–Crippen LogP) is 3.75. The molecule has 2 aromatic rings. The Bertz CT molecular complexity index is 919. The van der Waals surface area contributed by atoms with Gasteiger partial charge in [0.25, 0.3) is 0 Å². The van der Waals surface area contributed by atoms with Gasteiger partial charge in [0.05, 0.1) is 5.69 Å². The minimum Gasteiger partial charge on any atom is -0.507 e. The first kappa shape index (κ1) is 21.8. The number of allylic oxidation sites excluding steroid dienone is 1. The fourth-order valence-electron chi connectivity index (χ4n) is 4.30. The predicted molar refractivity (Wildman–Crippen MR) is 120 cm³/mol. The number of piperidine rings is 1. The second-order valence-corrected chi connectivity index (χ2v) is 9.06. The highest BCUT2D eigenvalue weighted by Gasteiger charge is 2.38. The van der Waals surface area contributed by atoms with Crippen LogP contribution in [-0.2, 0) is 0 Å². The van der Waals surface area contributed by atoms with Crippen molar-refractivity contribution < 1.29 is 9.84 Å². The van der Waals surface area contributed by atoms with Crippen LogP contribution in [-0.4, -0.2) is 45.7 Å². The topological polar surface area (TPSA) is 103 Å². The maximum absolute atomic E-state index is 10.5. The number of nitrogens with zero attached hydrogens (tertiary/aromatic N) is 2. The maximum Gasteiger partial charge on any atom is 0.233 e. The molecule has 0 saturated carbocycles. The molecule has 1 saturated heterocycles. The zero-order chi connectivity index (χ0) is 21.9. The molecule has 1 aliphatic rings. The number of hydrogen-bond donors (Lipinski definition) is 4. The zero-order valence-corrected chi connectivity index (χ0v) is 18.3. The van der Waals surface area contributed by atoms with Gasteiger partial charge in [-0.1, -0.05) is 6.07 Å². The van der Waals surface area contributed by atoms with Gasteiger partial charge >= 0.3 is 0 Å². The summed E-state index contributed by atoms with van der Waals surface area (Å²) in [5.74, 6) is 0.567. The Morgan fingerprint density at radius 2 is 1.87 bits per heavy atom. The Labute approximate surface area is 178 Å². The number of rotatable bonds is 6. The molecule has 1 fully saturated rings. The van der Waals surface area contributed by atoms with Crippen molar-refractivity contribution in [3.63, 3.8) is 0 Å². The fourth-order valence-corrected chi connectivity index (χ4v) is 4.30. The van der Waals surface area contributed by atoms with E-state index in [1.165, 1.54) is 6.21 Å². The Kier molecular flexibility index (Phi) is 6.12. The number of aromatic hydroxyl groups is 1. The van der Waals surface area contributed by atoms with E-state index in [0.29, 0.717) is 22.7 Å². The van der Waals surface area contributed by atoms with Gasteiger partial charge in [0.1, 0.15) is 11.9 Å². The number of phenols is 1. The van der Waals surface area contributed by atoms with Crippen molar-refractivity contribution in [1.29, 1.82) is 5.41 Å². The van der Waals surface area contributed by atoms with E-state index in [1.807, 2.05) is 6.07 Å². The molecule has 7 heteroatoms. The lowest BCUT2D eigenvalue weighted by Crippen LogP contribution is -2.60. The lowest BCUT2D eigenvalue weighted by Gasteiger charge is -2.46. The van der Waals surface area contributed by atoms with E-state index < -0.39 is 0 Å². The Balaban J connectivity index is 1.76. The van der Waals surface area contributed by atoms with Crippen molar-refractivity contribution >= 4 is 11.8 Å². The van der Waals surface area contributed by atoms with E-state index in [9.17, 15) is 5.11 Å². The normalized spacial score (nSPS) is 18.6. The monoisotopic (exact) mass is 409 g/mol. The van der Waals surface area contributed by atoms with Crippen LogP contribution in [0.1, 0.15) is 46.1 Å². The molecule has 3 rings (SSSR count). The van der Waals surface area contributed by atoms with Crippen LogP contribution < -0.4 is 15.4 Å². The molecule has 0 aliphatic carbocycles. The highest BCUT2D eigenvalue weighted by atomic mass is 16.5. The molecule has 4 N–H and O–H groups in total. The van der Waals surface area contributed by atoms with Crippen LogP contribution in [0.5, 0.6) is 11.6 Å². The minimum atomic E-state index is -0.00953. The smallest absolute Gasteiger partial charge is 0.233 e. The summed E-state index contributed by atoms with van der Waals surface area (Å²) in [6.45, 7) is 8.73. The van der Waals surface area contributed by atoms with Gasteiger partial charge in [-0.15, -0.1) is 10.2 Å². The molecule has 1 aromatic heterocycles. The lowest BCUT2D eigenvalue weighted by atomic mass is 9.81. The number of benzene rings is 1. The van der Waals surface area contributed by atoms with Crippen LogP contribution in [0.3, 0.4) is 0 Å². The molecule has 0 amide bonds. The molecular weight excluding hydrogens is 378 g/mol. The molecule has 0 bridgehead atoms. The molecule has 0 radical (unpaired) electrons. The highest BCUT2D eigenvalue weighted by Crippen LogP contribution is 2.33. The third-order valence-electron chi connectivity index (χ3n) is 5.14.